The van der Waals surface area contributed by atoms with Crippen LogP contribution in [-0.2, 0) is 4.79 Å². The summed E-state index contributed by atoms with van der Waals surface area (Å²) in [5.74, 6) is -1.04. The van der Waals surface area contributed by atoms with Crippen molar-refractivity contribution in [2.45, 2.75) is 6.04 Å². The molecular weight excluding hydrogens is 204 g/mol. The van der Waals surface area contributed by atoms with Gasteiger partial charge in [-0.15, -0.1) is 0 Å². The van der Waals surface area contributed by atoms with Crippen LogP contribution in [0.5, 0.6) is 0 Å². The van der Waals surface area contributed by atoms with Crippen molar-refractivity contribution in [3.05, 3.63) is 48.2 Å². The molecule has 0 radical (unpaired) electrons. The third-order valence-electron chi connectivity index (χ3n) is 2.63. The van der Waals surface area contributed by atoms with Crippen LogP contribution in [0.3, 0.4) is 0 Å². The summed E-state index contributed by atoms with van der Waals surface area (Å²) in [5.41, 5.74) is 6.75. The maximum absolute atomic E-state index is 10.9. The maximum Gasteiger partial charge on any atom is 0.356 e. The molecule has 1 aliphatic heterocycles. The van der Waals surface area contributed by atoms with Crippen molar-refractivity contribution in [3.8, 4) is 0 Å². The summed E-state index contributed by atoms with van der Waals surface area (Å²) in [6.07, 6.45) is 9.22. The van der Waals surface area contributed by atoms with Gasteiger partial charge in [-0.25, -0.2) is 4.79 Å². The molecule has 0 saturated carbocycles. The zero-order valence-corrected chi connectivity index (χ0v) is 8.63. The second-order valence-electron chi connectivity index (χ2n) is 3.70. The Hall–Kier alpha value is -2.10. The third-order valence-corrected chi connectivity index (χ3v) is 2.63. The fourth-order valence-electron chi connectivity index (χ4n) is 1.80. The molecule has 1 heterocycles. The smallest absolute Gasteiger partial charge is 0.356 e. The minimum Gasteiger partial charge on any atom is -0.476 e. The highest BCUT2D eigenvalue weighted by Crippen LogP contribution is 2.25. The van der Waals surface area contributed by atoms with E-state index in [0.717, 1.165) is 5.57 Å². The minimum absolute atomic E-state index is 0.0480. The monoisotopic (exact) mass is 216 g/mol. The number of aliphatic carboxylic acids is 1. The molecule has 1 aliphatic carbocycles. The highest BCUT2D eigenvalue weighted by Gasteiger charge is 2.26. The largest absolute Gasteiger partial charge is 0.476 e. The van der Waals surface area contributed by atoms with Gasteiger partial charge in [-0.1, -0.05) is 30.9 Å². The molecule has 4 nitrogen and oxygen atoms in total. The zero-order chi connectivity index (χ0) is 11.7. The molecule has 0 aromatic carbocycles. The van der Waals surface area contributed by atoms with Gasteiger partial charge in [0.25, 0.3) is 0 Å². The lowest BCUT2D eigenvalue weighted by molar-refractivity contribution is -0.129. The Labute approximate surface area is 93.2 Å². The van der Waals surface area contributed by atoms with E-state index in [2.05, 4.69) is 11.6 Å². The molecule has 82 valence electrons. The normalized spacial score (nSPS) is 27.4. The van der Waals surface area contributed by atoms with E-state index in [1.165, 1.54) is 0 Å². The molecule has 2 rings (SSSR count). The molecule has 0 amide bonds. The standard InChI is InChI=1S/C12H12N2O2/c1-2-7-3-4-8-6-9(13)11(12(15)16)14-10(8)5-7/h2-6,8,10H,1,13H2,(H,15,16). The van der Waals surface area contributed by atoms with Gasteiger partial charge in [-0.2, -0.15) is 0 Å². The fraction of sp³-hybridized carbons (Fsp3) is 0.167. The number of hydrogen-bond acceptors (Lipinski definition) is 3. The summed E-state index contributed by atoms with van der Waals surface area (Å²) in [5, 5.41) is 8.91. The number of aliphatic imine (C=N–C) groups is 1. The second kappa shape index (κ2) is 3.81. The van der Waals surface area contributed by atoms with Crippen molar-refractivity contribution in [1.82, 2.24) is 0 Å². The first-order valence-corrected chi connectivity index (χ1v) is 4.93. The number of fused-ring (bicyclic) bond motifs is 1. The molecular formula is C12H12N2O2. The second-order valence-corrected chi connectivity index (χ2v) is 3.70. The fourth-order valence-corrected chi connectivity index (χ4v) is 1.80. The molecule has 2 atom stereocenters. The lowest BCUT2D eigenvalue weighted by Gasteiger charge is -2.24. The van der Waals surface area contributed by atoms with E-state index in [4.69, 9.17) is 10.8 Å². The molecule has 3 N–H and O–H groups in total. The summed E-state index contributed by atoms with van der Waals surface area (Å²) < 4.78 is 0. The van der Waals surface area contributed by atoms with Gasteiger partial charge in [0.05, 0.1) is 11.7 Å². The first-order valence-electron chi connectivity index (χ1n) is 4.93. The van der Waals surface area contributed by atoms with Crippen molar-refractivity contribution in [1.29, 1.82) is 0 Å². The molecule has 0 aromatic rings. The van der Waals surface area contributed by atoms with Gasteiger partial charge in [0.1, 0.15) is 0 Å². The number of nitrogens with zero attached hydrogens (tertiary/aromatic N) is 1. The molecule has 0 aromatic heterocycles. The summed E-state index contributed by atoms with van der Waals surface area (Å²) in [4.78, 5) is 15.0. The predicted octanol–water partition coefficient (Wildman–Crippen LogP) is 1.04. The van der Waals surface area contributed by atoms with Gasteiger partial charge in [0.2, 0.25) is 0 Å². The Balaban J connectivity index is 2.37. The highest BCUT2D eigenvalue weighted by atomic mass is 16.4. The van der Waals surface area contributed by atoms with E-state index < -0.39 is 5.97 Å². The summed E-state index contributed by atoms with van der Waals surface area (Å²) >= 11 is 0. The summed E-state index contributed by atoms with van der Waals surface area (Å²) in [6.45, 7) is 3.67. The molecule has 0 bridgehead atoms. The number of nitrogens with two attached hydrogens (primary N) is 1. The van der Waals surface area contributed by atoms with E-state index >= 15 is 0 Å². The molecule has 4 heteroatoms. The molecule has 0 fully saturated rings. The quantitative estimate of drug-likeness (QED) is 0.724. The van der Waals surface area contributed by atoms with Crippen LogP contribution in [0.1, 0.15) is 0 Å². The zero-order valence-electron chi connectivity index (χ0n) is 8.63. The van der Waals surface area contributed by atoms with Crippen LogP contribution in [0.15, 0.2) is 53.2 Å². The average molecular weight is 216 g/mol. The molecule has 2 aliphatic rings. The van der Waals surface area contributed by atoms with Crippen molar-refractivity contribution in [2.75, 3.05) is 0 Å². The number of allylic oxidation sites excluding steroid dienone is 3. The Bertz CT molecular complexity index is 469. The number of carboxylic acids is 1. The van der Waals surface area contributed by atoms with E-state index in [0.29, 0.717) is 0 Å². The van der Waals surface area contributed by atoms with Crippen LogP contribution < -0.4 is 5.73 Å². The van der Waals surface area contributed by atoms with Crippen molar-refractivity contribution < 1.29 is 9.90 Å². The Kier molecular flexibility index (Phi) is 2.48. The number of carboxylic acid groups (broad SMARTS) is 1. The third kappa shape index (κ3) is 1.69. The summed E-state index contributed by atoms with van der Waals surface area (Å²) in [7, 11) is 0. The van der Waals surface area contributed by atoms with Gasteiger partial charge < -0.3 is 10.8 Å². The summed E-state index contributed by atoms with van der Waals surface area (Å²) in [6, 6.07) is -0.184. The lowest BCUT2D eigenvalue weighted by atomic mass is 9.88. The van der Waals surface area contributed by atoms with E-state index in [1.807, 2.05) is 18.2 Å². The van der Waals surface area contributed by atoms with E-state index in [-0.39, 0.29) is 23.4 Å². The topological polar surface area (TPSA) is 75.7 Å². The predicted molar refractivity (Wildman–Crippen MR) is 62.0 cm³/mol. The SMILES string of the molecule is C=CC1=CC2N=C(C(=O)O)C(N)=CC2C=C1. The van der Waals surface area contributed by atoms with Crippen LogP contribution in [0, 0.1) is 5.92 Å². The maximum atomic E-state index is 10.9. The van der Waals surface area contributed by atoms with Crippen molar-refractivity contribution in [3.63, 3.8) is 0 Å². The van der Waals surface area contributed by atoms with Crippen LogP contribution in [0.25, 0.3) is 0 Å². The lowest BCUT2D eigenvalue weighted by Crippen LogP contribution is -2.31. The van der Waals surface area contributed by atoms with Crippen LogP contribution in [0.2, 0.25) is 0 Å². The number of rotatable bonds is 2. The average Bonchev–Trinajstić information content (AvgIpc) is 2.27. The van der Waals surface area contributed by atoms with Crippen LogP contribution >= 0.6 is 0 Å². The molecule has 0 spiro atoms. The first kappa shape index (κ1) is 10.4. The first-order chi connectivity index (χ1) is 7.61. The number of dihydropyridines is 1. The Morgan fingerprint density at radius 2 is 2.31 bits per heavy atom. The Morgan fingerprint density at radius 3 is 2.94 bits per heavy atom. The van der Waals surface area contributed by atoms with Gasteiger partial charge in [-0.3, -0.25) is 4.99 Å². The highest BCUT2D eigenvalue weighted by molar-refractivity contribution is 6.42. The van der Waals surface area contributed by atoms with Gasteiger partial charge in [0, 0.05) is 5.92 Å². The number of hydrogen-bond donors (Lipinski definition) is 2. The van der Waals surface area contributed by atoms with Gasteiger partial charge >= 0.3 is 5.97 Å². The van der Waals surface area contributed by atoms with Crippen molar-refractivity contribution in [2.24, 2.45) is 16.6 Å². The molecule has 16 heavy (non-hydrogen) atoms. The Morgan fingerprint density at radius 1 is 1.56 bits per heavy atom. The van der Waals surface area contributed by atoms with Crippen LogP contribution in [-0.4, -0.2) is 22.8 Å². The van der Waals surface area contributed by atoms with Gasteiger partial charge in [0.15, 0.2) is 5.71 Å². The van der Waals surface area contributed by atoms with Crippen molar-refractivity contribution >= 4 is 11.7 Å². The van der Waals surface area contributed by atoms with Gasteiger partial charge in [-0.05, 0) is 11.6 Å². The van der Waals surface area contributed by atoms with E-state index in [9.17, 15) is 4.79 Å². The van der Waals surface area contributed by atoms with Crippen LogP contribution in [0.4, 0.5) is 0 Å². The molecule has 2 unspecified atom stereocenters. The number of carbonyl (C=O) groups is 1. The van der Waals surface area contributed by atoms with E-state index in [1.54, 1.807) is 12.2 Å². The minimum atomic E-state index is -1.09. The molecule has 0 saturated heterocycles.